The van der Waals surface area contributed by atoms with Gasteiger partial charge in [-0.25, -0.2) is 0 Å². The Bertz CT molecular complexity index is 1040. The van der Waals surface area contributed by atoms with Crippen LogP contribution in [0.25, 0.3) is 0 Å². The molecule has 1 unspecified atom stereocenters. The Morgan fingerprint density at radius 2 is 1.58 bits per heavy atom. The maximum Gasteiger partial charge on any atom is 0.446 e. The molecule has 3 rings (SSSR count). The van der Waals surface area contributed by atoms with Crippen LogP contribution in [-0.2, 0) is 17.9 Å². The average molecular weight is 477 g/mol. The Morgan fingerprint density at radius 1 is 0.970 bits per heavy atom. The molecule has 0 saturated carbocycles. The van der Waals surface area contributed by atoms with E-state index in [0.717, 1.165) is 16.7 Å². The lowest BCUT2D eigenvalue weighted by atomic mass is 10.0. The van der Waals surface area contributed by atoms with Gasteiger partial charge in [0.25, 0.3) is 0 Å². The predicted molar refractivity (Wildman–Crippen MR) is 121 cm³/mol. The third-order valence-corrected chi connectivity index (χ3v) is 5.48. The number of amides is 1. The van der Waals surface area contributed by atoms with Crippen LogP contribution < -0.4 is 15.8 Å². The number of benzene rings is 3. The van der Waals surface area contributed by atoms with Crippen LogP contribution in [0.3, 0.4) is 0 Å². The molecule has 9 heteroatoms. The molecule has 0 bridgehead atoms. The summed E-state index contributed by atoms with van der Waals surface area (Å²) in [5.41, 5.74) is 3.62. The number of carbonyl (C=O) groups excluding carboxylic acids is 1. The molecule has 0 radical (unpaired) electrons. The number of phenolic OH excluding ortho intramolecular Hbond substituents is 1. The third kappa shape index (κ3) is 8.36. The Morgan fingerprint density at radius 3 is 2.15 bits per heavy atom. The van der Waals surface area contributed by atoms with E-state index < -0.39 is 11.4 Å². The van der Waals surface area contributed by atoms with Gasteiger partial charge in [0.15, 0.2) is 0 Å². The molecule has 3 aromatic rings. The summed E-state index contributed by atoms with van der Waals surface area (Å²) in [5.74, 6) is 0.331. The number of halogens is 3. The molecule has 1 amide bonds. The highest BCUT2D eigenvalue weighted by molar-refractivity contribution is 8.00. The molecule has 0 aliphatic heterocycles. The van der Waals surface area contributed by atoms with Gasteiger partial charge >= 0.3 is 5.51 Å². The summed E-state index contributed by atoms with van der Waals surface area (Å²) < 4.78 is 42.9. The summed E-state index contributed by atoms with van der Waals surface area (Å²) in [5, 5.41) is 12.8. The molecule has 0 aromatic heterocycles. The van der Waals surface area contributed by atoms with Gasteiger partial charge in [-0.05, 0) is 64.9 Å². The summed E-state index contributed by atoms with van der Waals surface area (Å²) in [6.07, 6.45) is 0.117. The fourth-order valence-electron chi connectivity index (χ4n) is 3.11. The van der Waals surface area contributed by atoms with Crippen molar-refractivity contribution in [3.63, 3.8) is 0 Å². The minimum atomic E-state index is -4.31. The van der Waals surface area contributed by atoms with Crippen LogP contribution in [0.2, 0.25) is 0 Å². The molecule has 0 aliphatic carbocycles. The monoisotopic (exact) mass is 476 g/mol. The van der Waals surface area contributed by atoms with Crippen molar-refractivity contribution in [1.82, 2.24) is 5.32 Å². The molecule has 5 nitrogen and oxygen atoms in total. The predicted octanol–water partition coefficient (Wildman–Crippen LogP) is 5.29. The molecule has 4 N–H and O–H groups in total. The number of nitrogens with one attached hydrogen (secondary N) is 1. The number of aromatic hydroxyl groups is 1. The molecule has 0 aliphatic rings. The lowest BCUT2D eigenvalue weighted by Gasteiger charge is -2.18. The Labute approximate surface area is 193 Å². The second kappa shape index (κ2) is 11.1. The van der Waals surface area contributed by atoms with Crippen molar-refractivity contribution in [2.24, 2.45) is 5.73 Å². The molecular weight excluding hydrogens is 453 g/mol. The topological polar surface area (TPSA) is 84.6 Å². The van der Waals surface area contributed by atoms with E-state index in [1.807, 2.05) is 12.1 Å². The summed E-state index contributed by atoms with van der Waals surface area (Å²) >= 11 is -0.149. The van der Waals surface area contributed by atoms with E-state index in [-0.39, 0.29) is 41.5 Å². The first kappa shape index (κ1) is 24.5. The summed E-state index contributed by atoms with van der Waals surface area (Å²) in [7, 11) is 0. The fourth-order valence-corrected chi connectivity index (χ4v) is 3.65. The van der Waals surface area contributed by atoms with Gasteiger partial charge < -0.3 is 20.9 Å². The van der Waals surface area contributed by atoms with Crippen molar-refractivity contribution < 1.29 is 27.8 Å². The minimum Gasteiger partial charge on any atom is -0.508 e. The van der Waals surface area contributed by atoms with Crippen LogP contribution in [0.5, 0.6) is 11.5 Å². The quantitative estimate of drug-likeness (QED) is 0.346. The second-order valence-electron chi connectivity index (χ2n) is 7.32. The lowest BCUT2D eigenvalue weighted by Crippen LogP contribution is -2.26. The Kier molecular flexibility index (Phi) is 8.24. The first-order valence-electron chi connectivity index (χ1n) is 10.0. The number of primary amides is 1. The van der Waals surface area contributed by atoms with Crippen molar-refractivity contribution in [2.75, 3.05) is 0 Å². The van der Waals surface area contributed by atoms with E-state index in [9.17, 15) is 23.1 Å². The SMILES string of the molecule is NC(=O)CC(NCc1ccc(OCc2ccc(SC(F)(F)F)cc2)cc1)c1ccc(O)cc1. The zero-order valence-corrected chi connectivity index (χ0v) is 18.3. The van der Waals surface area contributed by atoms with Crippen molar-refractivity contribution in [3.05, 3.63) is 89.5 Å². The molecule has 1 atom stereocenters. The zero-order chi connectivity index (χ0) is 23.8. The number of ether oxygens (including phenoxy) is 1. The van der Waals surface area contributed by atoms with E-state index in [4.69, 9.17) is 10.5 Å². The summed E-state index contributed by atoms with van der Waals surface area (Å²) in [4.78, 5) is 11.6. The van der Waals surface area contributed by atoms with Gasteiger partial charge in [0.1, 0.15) is 18.1 Å². The van der Waals surface area contributed by atoms with Crippen molar-refractivity contribution >= 4 is 17.7 Å². The average Bonchev–Trinajstić information content (AvgIpc) is 2.76. The van der Waals surface area contributed by atoms with Crippen LogP contribution in [0.15, 0.2) is 77.7 Å². The number of rotatable bonds is 10. The molecular formula is C24H23F3N2O3S. The zero-order valence-electron chi connectivity index (χ0n) is 17.5. The highest BCUT2D eigenvalue weighted by atomic mass is 32.2. The second-order valence-corrected chi connectivity index (χ2v) is 8.46. The van der Waals surface area contributed by atoms with Gasteiger partial charge in [0.05, 0.1) is 0 Å². The standard InChI is InChI=1S/C24H23F3N2O3S/c25-24(26,27)33-21-11-3-17(4-12-21)15-32-20-9-1-16(2-10-20)14-29-22(13-23(28)31)18-5-7-19(30)8-6-18/h1-12,22,29-30H,13-15H2,(H2,28,31). The van der Waals surface area contributed by atoms with Crippen molar-refractivity contribution in [3.8, 4) is 11.5 Å². The van der Waals surface area contributed by atoms with E-state index in [1.54, 1.807) is 48.5 Å². The maximum atomic E-state index is 12.4. The van der Waals surface area contributed by atoms with Gasteiger partial charge in [0, 0.05) is 23.9 Å². The van der Waals surface area contributed by atoms with Gasteiger partial charge in [0.2, 0.25) is 5.91 Å². The number of carbonyl (C=O) groups is 1. The number of alkyl halides is 3. The maximum absolute atomic E-state index is 12.4. The molecule has 33 heavy (non-hydrogen) atoms. The first-order chi connectivity index (χ1) is 15.7. The van der Waals surface area contributed by atoms with E-state index in [2.05, 4.69) is 5.32 Å². The molecule has 0 saturated heterocycles. The van der Waals surface area contributed by atoms with Gasteiger partial charge in [-0.2, -0.15) is 13.2 Å². The van der Waals surface area contributed by atoms with Crippen LogP contribution >= 0.6 is 11.8 Å². The molecule has 0 heterocycles. The van der Waals surface area contributed by atoms with E-state index >= 15 is 0 Å². The highest BCUT2D eigenvalue weighted by Gasteiger charge is 2.29. The molecule has 0 spiro atoms. The number of hydrogen-bond acceptors (Lipinski definition) is 5. The minimum absolute atomic E-state index is 0.117. The smallest absolute Gasteiger partial charge is 0.446 e. The molecule has 3 aromatic carbocycles. The summed E-state index contributed by atoms with van der Waals surface area (Å²) in [6.45, 7) is 0.716. The largest absolute Gasteiger partial charge is 0.508 e. The van der Waals surface area contributed by atoms with Gasteiger partial charge in [-0.1, -0.05) is 36.4 Å². The number of nitrogens with two attached hydrogens (primary N) is 1. The highest BCUT2D eigenvalue weighted by Crippen LogP contribution is 2.36. The number of hydrogen-bond donors (Lipinski definition) is 3. The van der Waals surface area contributed by atoms with Crippen LogP contribution in [0.4, 0.5) is 13.2 Å². The number of phenols is 1. The Balaban J connectivity index is 1.53. The summed E-state index contributed by atoms with van der Waals surface area (Å²) in [6, 6.07) is 19.7. The fraction of sp³-hybridized carbons (Fsp3) is 0.208. The van der Waals surface area contributed by atoms with Crippen molar-refractivity contribution in [1.29, 1.82) is 0 Å². The van der Waals surface area contributed by atoms with E-state index in [0.29, 0.717) is 12.3 Å². The van der Waals surface area contributed by atoms with Crippen LogP contribution in [0.1, 0.15) is 29.2 Å². The molecule has 174 valence electrons. The normalized spacial score (nSPS) is 12.3. The number of thioether (sulfide) groups is 1. The van der Waals surface area contributed by atoms with Crippen molar-refractivity contribution in [2.45, 2.75) is 36.0 Å². The van der Waals surface area contributed by atoms with Gasteiger partial charge in [-0.3, -0.25) is 4.79 Å². The van der Waals surface area contributed by atoms with E-state index in [1.165, 1.54) is 12.1 Å². The van der Waals surface area contributed by atoms with Gasteiger partial charge in [-0.15, -0.1) is 0 Å². The van der Waals surface area contributed by atoms with Crippen LogP contribution in [-0.4, -0.2) is 16.5 Å². The lowest BCUT2D eigenvalue weighted by molar-refractivity contribution is -0.118. The van der Waals surface area contributed by atoms with Crippen LogP contribution in [0, 0.1) is 0 Å². The Hall–Kier alpha value is -3.17. The third-order valence-electron chi connectivity index (χ3n) is 4.74. The molecule has 0 fully saturated rings. The first-order valence-corrected chi connectivity index (χ1v) is 10.9.